The highest BCUT2D eigenvalue weighted by atomic mass is 15.0. The molecule has 11 aromatic rings. The lowest BCUT2D eigenvalue weighted by atomic mass is 9.62. The van der Waals surface area contributed by atoms with Crippen molar-refractivity contribution < 1.29 is 0 Å². The van der Waals surface area contributed by atoms with Gasteiger partial charge in [0.1, 0.15) is 31.4 Å². The lowest BCUT2D eigenvalue weighted by molar-refractivity contribution is 1.08. The van der Waals surface area contributed by atoms with Gasteiger partial charge >= 0.3 is 0 Å². The van der Waals surface area contributed by atoms with E-state index in [1.165, 1.54) is 21.9 Å². The van der Waals surface area contributed by atoms with Gasteiger partial charge in [-0.25, -0.2) is 15.0 Å². The largest absolute Gasteiger partial charge is 0.208 e. The zero-order valence-corrected chi connectivity index (χ0v) is 34.7. The molecular formula is C57H33B4N3. The second-order valence-electron chi connectivity index (χ2n) is 16.0. The molecule has 288 valence electrons. The maximum Gasteiger partial charge on any atom is 0.164 e. The van der Waals surface area contributed by atoms with Crippen molar-refractivity contribution in [1.82, 2.24) is 15.0 Å². The number of hydrogen-bond acceptors (Lipinski definition) is 3. The maximum atomic E-state index is 6.93. The lowest BCUT2D eigenvalue weighted by Crippen LogP contribution is -2.49. The molecular weight excluding hydrogens is 770 g/mol. The highest BCUT2D eigenvalue weighted by Gasteiger charge is 2.22. The fraction of sp³-hybridized carbons (Fsp3) is 0. The van der Waals surface area contributed by atoms with Gasteiger partial charge in [0.05, 0.1) is 0 Å². The standard InChI is InChI=1S/C57H33B4N3/c58-51-49(36-16-5-2-6-17-36)50(52(59)54(61)53(51)60)57-63-55(62-56(64-57)48-30-29-45(34-13-3-1-4-14-34)46-22-9-10-23-47(46)48)42-20-11-19-37(33-42)38-25-26-40-32-41(28-27-39(40)31-38)44-24-12-18-35-15-7-8-21-43(35)44/h1-33H. The van der Waals surface area contributed by atoms with Crippen LogP contribution in [0.5, 0.6) is 0 Å². The molecule has 0 spiro atoms. The molecule has 0 N–H and O–H groups in total. The van der Waals surface area contributed by atoms with Gasteiger partial charge in [0.2, 0.25) is 0 Å². The van der Waals surface area contributed by atoms with Crippen LogP contribution in [0.25, 0.3) is 111 Å². The first-order valence-corrected chi connectivity index (χ1v) is 21.2. The van der Waals surface area contributed by atoms with Crippen molar-refractivity contribution in [2.75, 3.05) is 0 Å². The van der Waals surface area contributed by atoms with Crippen LogP contribution in [0.15, 0.2) is 200 Å². The highest BCUT2D eigenvalue weighted by molar-refractivity contribution is 6.65. The monoisotopic (exact) mass is 803 g/mol. The minimum Gasteiger partial charge on any atom is -0.208 e. The quantitative estimate of drug-likeness (QED) is 0.151. The summed E-state index contributed by atoms with van der Waals surface area (Å²) >= 11 is 0. The van der Waals surface area contributed by atoms with Gasteiger partial charge in [0.25, 0.3) is 0 Å². The van der Waals surface area contributed by atoms with E-state index in [9.17, 15) is 0 Å². The Morgan fingerprint density at radius 1 is 0.250 bits per heavy atom. The minimum absolute atomic E-state index is 0.177. The summed E-state index contributed by atoms with van der Waals surface area (Å²) in [5, 5.41) is 6.84. The van der Waals surface area contributed by atoms with Crippen LogP contribution in [-0.4, -0.2) is 46.3 Å². The van der Waals surface area contributed by atoms with Gasteiger partial charge in [-0.2, -0.15) is 0 Å². The van der Waals surface area contributed by atoms with Gasteiger partial charge in [0, 0.05) is 16.7 Å². The minimum atomic E-state index is 0.177. The van der Waals surface area contributed by atoms with E-state index in [2.05, 4.69) is 146 Å². The molecule has 10 aromatic carbocycles. The molecule has 11 rings (SSSR count). The van der Waals surface area contributed by atoms with Crippen LogP contribution in [0.4, 0.5) is 0 Å². The van der Waals surface area contributed by atoms with Crippen molar-refractivity contribution in [2.45, 2.75) is 0 Å². The maximum absolute atomic E-state index is 6.93. The van der Waals surface area contributed by atoms with E-state index in [0.29, 0.717) is 34.1 Å². The zero-order chi connectivity index (χ0) is 43.3. The summed E-state index contributed by atoms with van der Waals surface area (Å²) in [6.45, 7) is 0. The van der Waals surface area contributed by atoms with Crippen LogP contribution >= 0.6 is 0 Å². The molecule has 1 aromatic heterocycles. The van der Waals surface area contributed by atoms with Crippen molar-refractivity contribution in [3.05, 3.63) is 200 Å². The summed E-state index contributed by atoms with van der Waals surface area (Å²) in [5.41, 5.74) is 11.2. The van der Waals surface area contributed by atoms with E-state index < -0.39 is 0 Å². The molecule has 1 heterocycles. The highest BCUT2D eigenvalue weighted by Crippen LogP contribution is 2.38. The van der Waals surface area contributed by atoms with Crippen molar-refractivity contribution >= 4 is 85.6 Å². The molecule has 0 saturated heterocycles. The second-order valence-corrected chi connectivity index (χ2v) is 16.0. The van der Waals surface area contributed by atoms with Crippen molar-refractivity contribution in [3.63, 3.8) is 0 Å². The molecule has 0 aliphatic rings. The lowest BCUT2D eigenvalue weighted by Gasteiger charge is -2.23. The van der Waals surface area contributed by atoms with Crippen LogP contribution < -0.4 is 21.9 Å². The number of aromatic nitrogens is 3. The van der Waals surface area contributed by atoms with E-state index in [0.717, 1.165) is 60.5 Å². The van der Waals surface area contributed by atoms with E-state index in [-0.39, 0.29) is 16.4 Å². The molecule has 0 amide bonds. The third kappa shape index (κ3) is 6.91. The first-order valence-electron chi connectivity index (χ1n) is 21.2. The predicted octanol–water partition coefficient (Wildman–Crippen LogP) is 10.2. The van der Waals surface area contributed by atoms with Crippen LogP contribution in [-0.2, 0) is 0 Å². The number of hydrogen-bond donors (Lipinski definition) is 0. The fourth-order valence-electron chi connectivity index (χ4n) is 8.97. The summed E-state index contributed by atoms with van der Waals surface area (Å²) in [6.07, 6.45) is 0. The van der Waals surface area contributed by atoms with Gasteiger partial charge in [-0.1, -0.05) is 187 Å². The Kier molecular flexibility index (Phi) is 9.89. The Balaban J connectivity index is 1.08. The normalized spacial score (nSPS) is 11.4. The molecule has 0 fully saturated rings. The van der Waals surface area contributed by atoms with Gasteiger partial charge in [-0.15, -0.1) is 10.9 Å². The van der Waals surface area contributed by atoms with Gasteiger partial charge < -0.3 is 0 Å². The molecule has 0 bridgehead atoms. The van der Waals surface area contributed by atoms with Crippen LogP contribution in [0.3, 0.4) is 0 Å². The van der Waals surface area contributed by atoms with Crippen LogP contribution in [0, 0.1) is 0 Å². The summed E-state index contributed by atoms with van der Waals surface area (Å²) < 4.78 is 0. The number of fused-ring (bicyclic) bond motifs is 3. The summed E-state index contributed by atoms with van der Waals surface area (Å²) in [5.74, 6) is 1.26. The smallest absolute Gasteiger partial charge is 0.164 e. The Labute approximate surface area is 377 Å². The third-order valence-electron chi connectivity index (χ3n) is 12.2. The van der Waals surface area contributed by atoms with E-state index in [1.54, 1.807) is 0 Å². The Hall–Kier alpha value is -7.75. The van der Waals surface area contributed by atoms with E-state index in [1.807, 2.05) is 54.6 Å². The number of nitrogens with zero attached hydrogens (tertiary/aromatic N) is 3. The van der Waals surface area contributed by atoms with Gasteiger partial charge in [-0.05, 0) is 101 Å². The molecule has 3 nitrogen and oxygen atoms in total. The topological polar surface area (TPSA) is 38.7 Å². The van der Waals surface area contributed by atoms with E-state index in [4.69, 9.17) is 46.3 Å². The second kappa shape index (κ2) is 16.2. The number of rotatable bonds is 7. The first kappa shape index (κ1) is 39.1. The average Bonchev–Trinajstić information content (AvgIpc) is 3.36. The van der Waals surface area contributed by atoms with Crippen LogP contribution in [0.2, 0.25) is 0 Å². The van der Waals surface area contributed by atoms with E-state index >= 15 is 0 Å². The zero-order valence-electron chi connectivity index (χ0n) is 34.7. The van der Waals surface area contributed by atoms with Crippen molar-refractivity contribution in [1.29, 1.82) is 0 Å². The molecule has 8 radical (unpaired) electrons. The molecule has 0 saturated carbocycles. The molecule has 0 aliphatic carbocycles. The predicted molar refractivity (Wildman–Crippen MR) is 272 cm³/mol. The van der Waals surface area contributed by atoms with Gasteiger partial charge in [0.15, 0.2) is 17.5 Å². The molecule has 64 heavy (non-hydrogen) atoms. The van der Waals surface area contributed by atoms with Crippen molar-refractivity contribution in [3.8, 4) is 78.7 Å². The third-order valence-corrected chi connectivity index (χ3v) is 12.2. The molecule has 0 aliphatic heterocycles. The Morgan fingerprint density at radius 2 is 0.734 bits per heavy atom. The molecule has 7 heteroatoms. The summed E-state index contributed by atoms with van der Waals surface area (Å²) in [6, 6.07) is 69.2. The van der Waals surface area contributed by atoms with Crippen LogP contribution in [0.1, 0.15) is 0 Å². The number of benzene rings is 10. The summed E-state index contributed by atoms with van der Waals surface area (Å²) in [4.78, 5) is 15.7. The average molecular weight is 803 g/mol. The Morgan fingerprint density at radius 3 is 1.48 bits per heavy atom. The summed E-state index contributed by atoms with van der Waals surface area (Å²) in [7, 11) is 26.9. The molecule has 0 atom stereocenters. The first-order chi connectivity index (χ1) is 31.4. The van der Waals surface area contributed by atoms with Gasteiger partial charge in [-0.3, -0.25) is 0 Å². The van der Waals surface area contributed by atoms with Crippen molar-refractivity contribution in [2.24, 2.45) is 0 Å². The molecule has 0 unspecified atom stereocenters. The Bertz CT molecular complexity index is 3610. The SMILES string of the molecule is [B]c1c([B])c([B])c(-c2nc(-c3cccc(-c4ccc5cc(-c6cccc7ccccc67)ccc5c4)c3)nc(-c3ccc(-c4ccccc4)c4ccccc34)n2)c(-c2ccccc2)c1[B]. The fourth-order valence-corrected chi connectivity index (χ4v) is 8.97.